The molecular formula is C20H12FNO3. The van der Waals surface area contributed by atoms with Crippen LogP contribution >= 0.6 is 0 Å². The lowest BCUT2D eigenvalue weighted by molar-refractivity contribution is 0.0697. The van der Waals surface area contributed by atoms with E-state index < -0.39 is 11.8 Å². The van der Waals surface area contributed by atoms with E-state index in [0.717, 1.165) is 0 Å². The summed E-state index contributed by atoms with van der Waals surface area (Å²) in [4.78, 5) is 15.6. The van der Waals surface area contributed by atoms with E-state index in [1.165, 1.54) is 24.3 Å². The number of rotatable bonds is 2. The van der Waals surface area contributed by atoms with E-state index in [1.54, 1.807) is 24.3 Å². The van der Waals surface area contributed by atoms with E-state index in [1.807, 2.05) is 18.2 Å². The predicted molar refractivity (Wildman–Crippen MR) is 89.8 cm³/mol. The number of benzene rings is 3. The monoisotopic (exact) mass is 333 g/mol. The molecular weight excluding hydrogens is 321 g/mol. The van der Waals surface area contributed by atoms with E-state index in [0.29, 0.717) is 33.3 Å². The van der Waals surface area contributed by atoms with Crippen LogP contribution in [0.3, 0.4) is 0 Å². The molecule has 0 saturated heterocycles. The molecule has 122 valence electrons. The minimum absolute atomic E-state index is 0.169. The Kier molecular flexibility index (Phi) is 3.54. The quantitative estimate of drug-likeness (QED) is 0.784. The summed E-state index contributed by atoms with van der Waals surface area (Å²) >= 11 is 0. The fraction of sp³-hybridized carbons (Fsp3) is 0. The van der Waals surface area contributed by atoms with Gasteiger partial charge in [-0.25, -0.2) is 14.2 Å². The molecule has 0 aromatic heterocycles. The molecule has 0 fully saturated rings. The third-order valence-electron chi connectivity index (χ3n) is 3.92. The maximum atomic E-state index is 13.8. The first-order valence-electron chi connectivity index (χ1n) is 7.61. The standard InChI is InChI=1S/C20H12FNO3/c21-14-9-10-16-15(11-14)19(12-5-7-13(8-6-12)20(23)24)25-18-4-2-1-3-17(18)22-16/h1-11H,(H,23,24). The molecule has 1 aliphatic rings. The van der Waals surface area contributed by atoms with Crippen molar-refractivity contribution in [2.75, 3.05) is 0 Å². The van der Waals surface area contributed by atoms with Crippen LogP contribution < -0.4 is 15.3 Å². The minimum atomic E-state index is -1.01. The van der Waals surface area contributed by atoms with Gasteiger partial charge in [0.2, 0.25) is 0 Å². The molecule has 0 aliphatic carbocycles. The highest BCUT2D eigenvalue weighted by molar-refractivity contribution is 5.88. The molecule has 4 rings (SSSR count). The van der Waals surface area contributed by atoms with E-state index >= 15 is 0 Å². The molecule has 4 nitrogen and oxygen atoms in total. The van der Waals surface area contributed by atoms with Crippen LogP contribution in [-0.2, 0) is 0 Å². The van der Waals surface area contributed by atoms with Gasteiger partial charge in [-0.05, 0) is 42.5 Å². The van der Waals surface area contributed by atoms with Crippen molar-refractivity contribution in [2.45, 2.75) is 0 Å². The molecule has 1 aliphatic heterocycles. The number of carbonyl (C=O) groups is 1. The van der Waals surface area contributed by atoms with E-state index in [2.05, 4.69) is 4.99 Å². The lowest BCUT2D eigenvalue weighted by Crippen LogP contribution is -2.28. The molecule has 3 aromatic rings. The van der Waals surface area contributed by atoms with E-state index in [9.17, 15) is 9.18 Å². The second-order valence-corrected chi connectivity index (χ2v) is 5.55. The second kappa shape index (κ2) is 5.87. The van der Waals surface area contributed by atoms with Gasteiger partial charge in [0, 0.05) is 10.8 Å². The lowest BCUT2D eigenvalue weighted by atomic mass is 10.1. The third-order valence-corrected chi connectivity index (χ3v) is 3.92. The first-order valence-corrected chi connectivity index (χ1v) is 7.61. The van der Waals surface area contributed by atoms with Crippen LogP contribution in [0, 0.1) is 5.82 Å². The summed E-state index contributed by atoms with van der Waals surface area (Å²) in [5.41, 5.74) is 1.46. The van der Waals surface area contributed by atoms with Crippen LogP contribution in [0.1, 0.15) is 15.9 Å². The van der Waals surface area contributed by atoms with Gasteiger partial charge in [0.25, 0.3) is 0 Å². The van der Waals surface area contributed by atoms with Crippen LogP contribution in [0.25, 0.3) is 5.76 Å². The number of hydrogen-bond acceptors (Lipinski definition) is 3. The van der Waals surface area contributed by atoms with Crippen LogP contribution in [0.15, 0.2) is 71.7 Å². The Balaban J connectivity index is 2.00. The summed E-state index contributed by atoms with van der Waals surface area (Å²) in [5, 5.41) is 10.2. The van der Waals surface area contributed by atoms with Crippen molar-refractivity contribution < 1.29 is 19.0 Å². The van der Waals surface area contributed by atoms with Crippen LogP contribution in [0.2, 0.25) is 0 Å². The summed E-state index contributed by atoms with van der Waals surface area (Å²) in [6.07, 6.45) is 0. The largest absolute Gasteiger partial charge is 0.478 e. The summed E-state index contributed by atoms with van der Waals surface area (Å²) in [5.74, 6) is -0.426. The van der Waals surface area contributed by atoms with Crippen molar-refractivity contribution in [2.24, 2.45) is 4.99 Å². The Morgan fingerprint density at radius 1 is 1.00 bits per heavy atom. The summed E-state index contributed by atoms with van der Waals surface area (Å²) in [7, 11) is 0. The average molecular weight is 333 g/mol. The Bertz CT molecular complexity index is 1100. The zero-order chi connectivity index (χ0) is 17.4. The molecule has 0 radical (unpaired) electrons. The molecule has 0 bridgehead atoms. The van der Waals surface area contributed by atoms with Crippen LogP contribution in [0.4, 0.5) is 10.1 Å². The zero-order valence-electron chi connectivity index (χ0n) is 12.9. The fourth-order valence-corrected chi connectivity index (χ4v) is 2.70. The summed E-state index contributed by atoms with van der Waals surface area (Å²) in [6.45, 7) is 0. The van der Waals surface area contributed by atoms with Gasteiger partial charge in [0.15, 0.2) is 5.75 Å². The highest BCUT2D eigenvalue weighted by Crippen LogP contribution is 2.30. The number of para-hydroxylation sites is 2. The van der Waals surface area contributed by atoms with Gasteiger partial charge >= 0.3 is 5.97 Å². The first-order chi connectivity index (χ1) is 12.1. The summed E-state index contributed by atoms with van der Waals surface area (Å²) in [6, 6.07) is 17.8. The Morgan fingerprint density at radius 3 is 2.52 bits per heavy atom. The zero-order valence-corrected chi connectivity index (χ0v) is 12.9. The Hall–Kier alpha value is -3.47. The Morgan fingerprint density at radius 2 is 1.76 bits per heavy atom. The predicted octanol–water partition coefficient (Wildman–Crippen LogP) is 3.02. The smallest absolute Gasteiger partial charge is 0.335 e. The number of halogens is 1. The average Bonchev–Trinajstić information content (AvgIpc) is 2.78. The number of nitrogens with zero attached hydrogens (tertiary/aromatic N) is 1. The molecule has 3 aromatic carbocycles. The molecule has 0 amide bonds. The SMILES string of the molecule is O=C(O)c1ccc(C2=c3cc(F)ccc3=Nc3ccccc3O2)cc1. The van der Waals surface area contributed by atoms with Gasteiger partial charge in [-0.1, -0.05) is 24.3 Å². The highest BCUT2D eigenvalue weighted by atomic mass is 19.1. The fourth-order valence-electron chi connectivity index (χ4n) is 2.70. The topological polar surface area (TPSA) is 58.9 Å². The highest BCUT2D eigenvalue weighted by Gasteiger charge is 2.15. The number of carboxylic acid groups (broad SMARTS) is 1. The van der Waals surface area contributed by atoms with Crippen molar-refractivity contribution in [3.63, 3.8) is 0 Å². The van der Waals surface area contributed by atoms with Crippen molar-refractivity contribution in [1.29, 1.82) is 0 Å². The van der Waals surface area contributed by atoms with Gasteiger partial charge in [-0.2, -0.15) is 0 Å². The number of ether oxygens (including phenoxy) is 1. The van der Waals surface area contributed by atoms with Gasteiger partial charge in [0.1, 0.15) is 17.3 Å². The number of hydrogen-bond donors (Lipinski definition) is 1. The van der Waals surface area contributed by atoms with Gasteiger partial charge in [0.05, 0.1) is 10.9 Å². The van der Waals surface area contributed by atoms with Crippen molar-refractivity contribution in [3.8, 4) is 5.75 Å². The van der Waals surface area contributed by atoms with Crippen molar-refractivity contribution in [3.05, 3.63) is 94.3 Å². The van der Waals surface area contributed by atoms with Gasteiger partial charge < -0.3 is 9.84 Å². The lowest BCUT2D eigenvalue weighted by Gasteiger charge is -2.11. The molecule has 0 atom stereocenters. The number of carboxylic acids is 1. The number of aromatic carboxylic acids is 1. The Labute approximate surface area is 142 Å². The maximum absolute atomic E-state index is 13.8. The second-order valence-electron chi connectivity index (χ2n) is 5.55. The molecule has 0 saturated carbocycles. The van der Waals surface area contributed by atoms with Crippen LogP contribution in [-0.4, -0.2) is 11.1 Å². The normalized spacial score (nSPS) is 12.3. The molecule has 0 spiro atoms. The van der Waals surface area contributed by atoms with Crippen molar-refractivity contribution in [1.82, 2.24) is 0 Å². The molecule has 1 N–H and O–H groups in total. The van der Waals surface area contributed by atoms with Crippen molar-refractivity contribution >= 4 is 17.4 Å². The number of fused-ring (bicyclic) bond motifs is 2. The van der Waals surface area contributed by atoms with E-state index in [4.69, 9.17) is 9.84 Å². The molecule has 0 unspecified atom stereocenters. The third kappa shape index (κ3) is 2.76. The first kappa shape index (κ1) is 15.1. The van der Waals surface area contributed by atoms with Crippen LogP contribution in [0.5, 0.6) is 5.75 Å². The van der Waals surface area contributed by atoms with Gasteiger partial charge in [-0.3, -0.25) is 0 Å². The molecule has 1 heterocycles. The van der Waals surface area contributed by atoms with Gasteiger partial charge in [-0.15, -0.1) is 0 Å². The molecule has 5 heteroatoms. The summed E-state index contributed by atoms with van der Waals surface area (Å²) < 4.78 is 19.9. The minimum Gasteiger partial charge on any atom is -0.478 e. The molecule has 25 heavy (non-hydrogen) atoms. The van der Waals surface area contributed by atoms with E-state index in [-0.39, 0.29) is 5.56 Å². The maximum Gasteiger partial charge on any atom is 0.335 e.